The topological polar surface area (TPSA) is 29.3 Å². The quantitative estimate of drug-likeness (QED) is 0.798. The molecular weight excluding hydrogens is 196 g/mol. The van der Waals surface area contributed by atoms with Crippen LogP contribution in [-0.2, 0) is 0 Å². The fourth-order valence-electron chi connectivity index (χ4n) is 3.69. The summed E-state index contributed by atoms with van der Waals surface area (Å²) in [7, 11) is 0. The normalized spacial score (nSPS) is 27.8. The molecule has 0 amide bonds. The first kappa shape index (κ1) is 12.4. The van der Waals surface area contributed by atoms with Crippen LogP contribution in [0.5, 0.6) is 0 Å². The Balaban J connectivity index is 1.87. The molecule has 1 aliphatic heterocycles. The molecule has 1 atom stereocenters. The van der Waals surface area contributed by atoms with E-state index < -0.39 is 0 Å². The van der Waals surface area contributed by atoms with Crippen molar-refractivity contribution in [2.24, 2.45) is 17.1 Å². The Bertz CT molecular complexity index is 209. The van der Waals surface area contributed by atoms with Gasteiger partial charge in [0.1, 0.15) is 0 Å². The van der Waals surface area contributed by atoms with Crippen molar-refractivity contribution in [3.05, 3.63) is 0 Å². The van der Waals surface area contributed by atoms with Crippen LogP contribution in [0.4, 0.5) is 0 Å². The van der Waals surface area contributed by atoms with Gasteiger partial charge in [-0.2, -0.15) is 0 Å². The summed E-state index contributed by atoms with van der Waals surface area (Å²) in [5, 5.41) is 0. The summed E-state index contributed by atoms with van der Waals surface area (Å²) in [6.45, 7) is 8.08. The van der Waals surface area contributed by atoms with Gasteiger partial charge in [-0.3, -0.25) is 4.90 Å². The number of nitrogens with two attached hydrogens (primary N) is 1. The molecule has 1 saturated heterocycles. The zero-order chi connectivity index (χ0) is 11.6. The Morgan fingerprint density at radius 3 is 2.06 bits per heavy atom. The van der Waals surface area contributed by atoms with Crippen LogP contribution in [0.1, 0.15) is 52.4 Å². The van der Waals surface area contributed by atoms with Crippen molar-refractivity contribution < 1.29 is 0 Å². The molecule has 0 bridgehead atoms. The maximum atomic E-state index is 5.89. The molecular formula is C14H28N2. The van der Waals surface area contributed by atoms with E-state index in [0.717, 1.165) is 6.54 Å². The van der Waals surface area contributed by atoms with E-state index in [1.54, 1.807) is 0 Å². The largest absolute Gasteiger partial charge is 0.329 e. The van der Waals surface area contributed by atoms with Crippen molar-refractivity contribution in [2.75, 3.05) is 19.6 Å². The highest BCUT2D eigenvalue weighted by Gasteiger charge is 2.44. The van der Waals surface area contributed by atoms with Gasteiger partial charge in [-0.05, 0) is 24.2 Å². The van der Waals surface area contributed by atoms with Crippen LogP contribution in [0.3, 0.4) is 0 Å². The summed E-state index contributed by atoms with van der Waals surface area (Å²) in [5.41, 5.74) is 6.58. The van der Waals surface area contributed by atoms with Crippen LogP contribution in [0, 0.1) is 11.3 Å². The minimum Gasteiger partial charge on any atom is -0.329 e. The van der Waals surface area contributed by atoms with Crippen molar-refractivity contribution >= 4 is 0 Å². The molecule has 2 rings (SSSR count). The zero-order valence-corrected chi connectivity index (χ0v) is 11.0. The van der Waals surface area contributed by atoms with E-state index in [9.17, 15) is 0 Å². The number of rotatable bonds is 3. The van der Waals surface area contributed by atoms with Gasteiger partial charge in [-0.25, -0.2) is 0 Å². The number of hydrogen-bond acceptors (Lipinski definition) is 2. The molecule has 16 heavy (non-hydrogen) atoms. The van der Waals surface area contributed by atoms with Crippen LogP contribution in [0.15, 0.2) is 0 Å². The monoisotopic (exact) mass is 224 g/mol. The van der Waals surface area contributed by atoms with E-state index in [4.69, 9.17) is 5.73 Å². The SMILES string of the molecule is CC(C)C(CN)N1CC2(CCCCCC2)C1. The van der Waals surface area contributed by atoms with Gasteiger partial charge < -0.3 is 5.73 Å². The average molecular weight is 224 g/mol. The number of hydrogen-bond donors (Lipinski definition) is 1. The minimum absolute atomic E-state index is 0.619. The Morgan fingerprint density at radius 1 is 1.06 bits per heavy atom. The first-order valence-corrected chi connectivity index (χ1v) is 7.11. The predicted octanol–water partition coefficient (Wildman–Crippen LogP) is 2.63. The standard InChI is InChI=1S/C14H28N2/c1-12(2)13(9-15)16-10-14(11-16)7-5-3-4-6-8-14/h12-13H,3-11,15H2,1-2H3. The van der Waals surface area contributed by atoms with Gasteiger partial charge in [-0.1, -0.05) is 39.5 Å². The average Bonchev–Trinajstić information content (AvgIpc) is 2.43. The van der Waals surface area contributed by atoms with Gasteiger partial charge in [0, 0.05) is 25.7 Å². The van der Waals surface area contributed by atoms with E-state index >= 15 is 0 Å². The highest BCUT2D eigenvalue weighted by Crippen LogP contribution is 2.44. The Morgan fingerprint density at radius 2 is 1.62 bits per heavy atom. The molecule has 2 fully saturated rings. The predicted molar refractivity (Wildman–Crippen MR) is 69.4 cm³/mol. The molecule has 1 aliphatic carbocycles. The lowest BCUT2D eigenvalue weighted by Crippen LogP contribution is -2.62. The molecule has 2 aliphatic rings. The van der Waals surface area contributed by atoms with Gasteiger partial charge in [0.2, 0.25) is 0 Å². The molecule has 0 aromatic carbocycles. The smallest absolute Gasteiger partial charge is 0.0241 e. The van der Waals surface area contributed by atoms with Crippen molar-refractivity contribution in [3.8, 4) is 0 Å². The molecule has 1 spiro atoms. The lowest BCUT2D eigenvalue weighted by Gasteiger charge is -2.54. The Hall–Kier alpha value is -0.0800. The molecule has 1 saturated carbocycles. The summed E-state index contributed by atoms with van der Waals surface area (Å²) in [6.07, 6.45) is 8.79. The lowest BCUT2D eigenvalue weighted by atomic mass is 9.72. The lowest BCUT2D eigenvalue weighted by molar-refractivity contribution is -0.0508. The maximum Gasteiger partial charge on any atom is 0.0241 e. The highest BCUT2D eigenvalue weighted by atomic mass is 15.2. The second-order valence-electron chi connectivity index (χ2n) is 6.37. The highest BCUT2D eigenvalue weighted by molar-refractivity contribution is 4.98. The van der Waals surface area contributed by atoms with Gasteiger partial charge >= 0.3 is 0 Å². The van der Waals surface area contributed by atoms with Crippen LogP contribution >= 0.6 is 0 Å². The molecule has 0 aromatic rings. The molecule has 2 heteroatoms. The molecule has 0 aromatic heterocycles. The molecule has 1 heterocycles. The van der Waals surface area contributed by atoms with Gasteiger partial charge in [-0.15, -0.1) is 0 Å². The third-order valence-electron chi connectivity index (χ3n) is 4.72. The summed E-state index contributed by atoms with van der Waals surface area (Å²) >= 11 is 0. The second kappa shape index (κ2) is 5.05. The van der Waals surface area contributed by atoms with E-state index in [2.05, 4.69) is 18.7 Å². The second-order valence-corrected chi connectivity index (χ2v) is 6.37. The third-order valence-corrected chi connectivity index (χ3v) is 4.72. The molecule has 94 valence electrons. The summed E-state index contributed by atoms with van der Waals surface area (Å²) in [5.74, 6) is 0.702. The Labute approximate surface area is 101 Å². The summed E-state index contributed by atoms with van der Waals surface area (Å²) < 4.78 is 0. The summed E-state index contributed by atoms with van der Waals surface area (Å²) in [6, 6.07) is 0.619. The third kappa shape index (κ3) is 2.43. The fourth-order valence-corrected chi connectivity index (χ4v) is 3.69. The first-order chi connectivity index (χ1) is 7.67. The van der Waals surface area contributed by atoms with Crippen LogP contribution in [-0.4, -0.2) is 30.6 Å². The van der Waals surface area contributed by atoms with E-state index in [0.29, 0.717) is 17.4 Å². The molecule has 1 unspecified atom stereocenters. The van der Waals surface area contributed by atoms with E-state index in [-0.39, 0.29) is 0 Å². The molecule has 0 radical (unpaired) electrons. The van der Waals surface area contributed by atoms with E-state index in [1.165, 1.54) is 51.6 Å². The first-order valence-electron chi connectivity index (χ1n) is 7.11. The molecule has 2 N–H and O–H groups in total. The zero-order valence-electron chi connectivity index (χ0n) is 11.0. The Kier molecular flexibility index (Phi) is 3.91. The van der Waals surface area contributed by atoms with Crippen molar-refractivity contribution in [3.63, 3.8) is 0 Å². The number of likely N-dealkylation sites (tertiary alicyclic amines) is 1. The number of nitrogens with zero attached hydrogens (tertiary/aromatic N) is 1. The summed E-state index contributed by atoms with van der Waals surface area (Å²) in [4.78, 5) is 2.63. The van der Waals surface area contributed by atoms with Crippen LogP contribution in [0.25, 0.3) is 0 Å². The van der Waals surface area contributed by atoms with E-state index in [1.807, 2.05) is 0 Å². The van der Waals surface area contributed by atoms with Crippen molar-refractivity contribution in [1.29, 1.82) is 0 Å². The van der Waals surface area contributed by atoms with Crippen molar-refractivity contribution in [2.45, 2.75) is 58.4 Å². The maximum absolute atomic E-state index is 5.89. The fraction of sp³-hybridized carbons (Fsp3) is 1.00. The van der Waals surface area contributed by atoms with Crippen LogP contribution < -0.4 is 5.73 Å². The van der Waals surface area contributed by atoms with Crippen LogP contribution in [0.2, 0.25) is 0 Å². The van der Waals surface area contributed by atoms with Gasteiger partial charge in [0.15, 0.2) is 0 Å². The minimum atomic E-state index is 0.619. The van der Waals surface area contributed by atoms with Gasteiger partial charge in [0.25, 0.3) is 0 Å². The molecule has 2 nitrogen and oxygen atoms in total. The van der Waals surface area contributed by atoms with Crippen molar-refractivity contribution in [1.82, 2.24) is 4.90 Å². The van der Waals surface area contributed by atoms with Gasteiger partial charge in [0.05, 0.1) is 0 Å².